The topological polar surface area (TPSA) is 48.8 Å². The van der Waals surface area contributed by atoms with Gasteiger partial charge < -0.3 is 14.9 Å². The van der Waals surface area contributed by atoms with Gasteiger partial charge in [-0.25, -0.2) is 4.98 Å². The average molecular weight is 254 g/mol. The Labute approximate surface area is 112 Å². The lowest BCUT2D eigenvalue weighted by Crippen LogP contribution is -2.07. The standard InChI is InChI=1S/C15H18N4/c1-18-9-12(11-5-3-4-6-13(11)18)15-14(7-8-16)19(2)10-17-15/h3-6,9-10H,7-8,16H2,1-2H3. The van der Waals surface area contributed by atoms with E-state index >= 15 is 0 Å². The quantitative estimate of drug-likeness (QED) is 0.778. The van der Waals surface area contributed by atoms with Crippen molar-refractivity contribution in [1.82, 2.24) is 14.1 Å². The molecule has 0 aliphatic heterocycles. The molecular formula is C15H18N4. The van der Waals surface area contributed by atoms with E-state index in [0.29, 0.717) is 6.54 Å². The lowest BCUT2D eigenvalue weighted by atomic mass is 10.1. The molecule has 2 heterocycles. The molecule has 19 heavy (non-hydrogen) atoms. The minimum Gasteiger partial charge on any atom is -0.350 e. The first-order valence-corrected chi connectivity index (χ1v) is 6.47. The maximum atomic E-state index is 5.71. The Balaban J connectivity index is 2.25. The van der Waals surface area contributed by atoms with Crippen molar-refractivity contribution in [1.29, 1.82) is 0 Å². The van der Waals surface area contributed by atoms with Crippen LogP contribution in [0.4, 0.5) is 0 Å². The normalized spacial score (nSPS) is 11.3. The van der Waals surface area contributed by atoms with Gasteiger partial charge in [-0.3, -0.25) is 0 Å². The van der Waals surface area contributed by atoms with Crippen molar-refractivity contribution in [2.45, 2.75) is 6.42 Å². The van der Waals surface area contributed by atoms with Crippen molar-refractivity contribution in [3.8, 4) is 11.3 Å². The van der Waals surface area contributed by atoms with Crippen LogP contribution in [0.5, 0.6) is 0 Å². The van der Waals surface area contributed by atoms with Crippen LogP contribution in [0.15, 0.2) is 36.8 Å². The average Bonchev–Trinajstić information content (AvgIpc) is 2.93. The molecule has 3 aromatic rings. The predicted octanol–water partition coefficient (Wildman–Crippen LogP) is 2.08. The van der Waals surface area contributed by atoms with Gasteiger partial charge in [0.1, 0.15) is 0 Å². The highest BCUT2D eigenvalue weighted by Crippen LogP contribution is 2.31. The summed E-state index contributed by atoms with van der Waals surface area (Å²) in [6.45, 7) is 0.636. The van der Waals surface area contributed by atoms with Crippen LogP contribution in [0.25, 0.3) is 22.2 Å². The third-order valence-electron chi connectivity index (χ3n) is 3.59. The van der Waals surface area contributed by atoms with Gasteiger partial charge in [0, 0.05) is 48.9 Å². The molecule has 0 bridgehead atoms. The molecule has 1 aromatic carbocycles. The number of para-hydroxylation sites is 1. The summed E-state index contributed by atoms with van der Waals surface area (Å²) in [4.78, 5) is 4.56. The smallest absolute Gasteiger partial charge is 0.0953 e. The molecule has 0 amide bonds. The first-order valence-electron chi connectivity index (χ1n) is 6.47. The van der Waals surface area contributed by atoms with E-state index in [2.05, 4.69) is 51.6 Å². The van der Waals surface area contributed by atoms with Gasteiger partial charge in [-0.15, -0.1) is 0 Å². The lowest BCUT2D eigenvalue weighted by Gasteiger charge is -2.03. The van der Waals surface area contributed by atoms with Crippen molar-refractivity contribution >= 4 is 10.9 Å². The van der Waals surface area contributed by atoms with Crippen LogP contribution >= 0.6 is 0 Å². The first kappa shape index (κ1) is 12.0. The molecule has 3 rings (SSSR count). The van der Waals surface area contributed by atoms with E-state index < -0.39 is 0 Å². The minimum absolute atomic E-state index is 0.636. The third kappa shape index (κ3) is 1.85. The number of hydrogen-bond acceptors (Lipinski definition) is 2. The van der Waals surface area contributed by atoms with Gasteiger partial charge in [-0.1, -0.05) is 18.2 Å². The van der Waals surface area contributed by atoms with E-state index in [9.17, 15) is 0 Å². The van der Waals surface area contributed by atoms with Crippen LogP contribution in [0, 0.1) is 0 Å². The number of aryl methyl sites for hydroxylation is 2. The van der Waals surface area contributed by atoms with Crippen LogP contribution < -0.4 is 5.73 Å². The van der Waals surface area contributed by atoms with Crippen molar-refractivity contribution in [3.63, 3.8) is 0 Å². The van der Waals surface area contributed by atoms with Crippen LogP contribution in [-0.2, 0) is 20.5 Å². The SMILES string of the molecule is Cn1cnc(-c2cn(C)c3ccccc23)c1CCN. The zero-order valence-electron chi connectivity index (χ0n) is 11.3. The highest BCUT2D eigenvalue weighted by molar-refractivity contribution is 5.95. The number of nitrogens with zero attached hydrogens (tertiary/aromatic N) is 3. The maximum Gasteiger partial charge on any atom is 0.0953 e. The van der Waals surface area contributed by atoms with Crippen LogP contribution in [0.1, 0.15) is 5.69 Å². The van der Waals surface area contributed by atoms with Crippen LogP contribution in [-0.4, -0.2) is 20.7 Å². The van der Waals surface area contributed by atoms with E-state index in [0.717, 1.165) is 12.1 Å². The molecule has 0 atom stereocenters. The second-order valence-electron chi connectivity index (χ2n) is 4.86. The molecule has 2 N–H and O–H groups in total. The van der Waals surface area contributed by atoms with Gasteiger partial charge in [0.15, 0.2) is 0 Å². The zero-order chi connectivity index (χ0) is 13.4. The number of hydrogen-bond donors (Lipinski definition) is 1. The Morgan fingerprint density at radius 3 is 2.74 bits per heavy atom. The Hall–Kier alpha value is -2.07. The summed E-state index contributed by atoms with van der Waals surface area (Å²) in [5, 5.41) is 1.24. The van der Waals surface area contributed by atoms with Gasteiger partial charge >= 0.3 is 0 Å². The molecule has 4 nitrogen and oxygen atoms in total. The number of benzene rings is 1. The van der Waals surface area contributed by atoms with Gasteiger partial charge in [0.2, 0.25) is 0 Å². The lowest BCUT2D eigenvalue weighted by molar-refractivity contribution is 0.805. The van der Waals surface area contributed by atoms with E-state index in [1.807, 2.05) is 13.4 Å². The summed E-state index contributed by atoms with van der Waals surface area (Å²) in [5.41, 5.74) is 10.4. The summed E-state index contributed by atoms with van der Waals surface area (Å²) in [6.07, 6.45) is 4.85. The van der Waals surface area contributed by atoms with Crippen molar-refractivity contribution in [2.24, 2.45) is 19.8 Å². The Kier molecular flexibility index (Phi) is 2.87. The van der Waals surface area contributed by atoms with Gasteiger partial charge in [-0.05, 0) is 12.6 Å². The molecule has 0 fully saturated rings. The largest absolute Gasteiger partial charge is 0.350 e. The van der Waals surface area contributed by atoms with Gasteiger partial charge in [-0.2, -0.15) is 0 Å². The van der Waals surface area contributed by atoms with Gasteiger partial charge in [0.25, 0.3) is 0 Å². The molecule has 2 aromatic heterocycles. The predicted molar refractivity (Wildman–Crippen MR) is 77.9 cm³/mol. The van der Waals surface area contributed by atoms with Crippen molar-refractivity contribution < 1.29 is 0 Å². The first-order chi connectivity index (χ1) is 9.22. The summed E-state index contributed by atoms with van der Waals surface area (Å²) >= 11 is 0. The molecular weight excluding hydrogens is 236 g/mol. The van der Waals surface area contributed by atoms with E-state index in [-0.39, 0.29) is 0 Å². The molecule has 0 spiro atoms. The number of rotatable bonds is 3. The summed E-state index contributed by atoms with van der Waals surface area (Å²) in [6, 6.07) is 8.40. The van der Waals surface area contributed by atoms with E-state index in [4.69, 9.17) is 5.73 Å². The van der Waals surface area contributed by atoms with Crippen LogP contribution in [0.3, 0.4) is 0 Å². The van der Waals surface area contributed by atoms with Crippen molar-refractivity contribution in [2.75, 3.05) is 6.54 Å². The zero-order valence-corrected chi connectivity index (χ0v) is 11.3. The van der Waals surface area contributed by atoms with E-state index in [1.165, 1.54) is 22.2 Å². The monoisotopic (exact) mass is 254 g/mol. The van der Waals surface area contributed by atoms with Crippen molar-refractivity contribution in [3.05, 3.63) is 42.5 Å². The molecule has 0 aliphatic carbocycles. The number of nitrogens with two attached hydrogens (primary N) is 1. The maximum absolute atomic E-state index is 5.71. The molecule has 0 saturated carbocycles. The minimum atomic E-state index is 0.636. The summed E-state index contributed by atoms with van der Waals surface area (Å²) in [7, 11) is 4.09. The third-order valence-corrected chi connectivity index (χ3v) is 3.59. The van der Waals surface area contributed by atoms with Crippen LogP contribution in [0.2, 0.25) is 0 Å². The summed E-state index contributed by atoms with van der Waals surface area (Å²) < 4.78 is 4.20. The number of fused-ring (bicyclic) bond motifs is 1. The Bertz CT molecular complexity index is 721. The molecule has 0 unspecified atom stereocenters. The summed E-state index contributed by atoms with van der Waals surface area (Å²) in [5.74, 6) is 0. The Morgan fingerprint density at radius 2 is 1.95 bits per heavy atom. The molecule has 98 valence electrons. The molecule has 4 heteroatoms. The van der Waals surface area contributed by atoms with Gasteiger partial charge in [0.05, 0.1) is 12.0 Å². The highest BCUT2D eigenvalue weighted by atomic mass is 15.0. The molecule has 0 aliphatic rings. The fourth-order valence-corrected chi connectivity index (χ4v) is 2.64. The fraction of sp³-hybridized carbons (Fsp3) is 0.267. The Morgan fingerprint density at radius 1 is 1.16 bits per heavy atom. The second kappa shape index (κ2) is 4.55. The fourth-order valence-electron chi connectivity index (χ4n) is 2.64. The molecule has 0 saturated heterocycles. The van der Waals surface area contributed by atoms with E-state index in [1.54, 1.807) is 0 Å². The molecule has 0 radical (unpaired) electrons. The highest BCUT2D eigenvalue weighted by Gasteiger charge is 2.15. The number of aromatic nitrogens is 3. The number of imidazole rings is 1. The second-order valence-corrected chi connectivity index (χ2v) is 4.86.